The Balaban J connectivity index is 1.59. The molecule has 1 heterocycles. The lowest BCUT2D eigenvalue weighted by molar-refractivity contribution is -0.124. The molecule has 0 radical (unpaired) electrons. The van der Waals surface area contributed by atoms with Crippen molar-refractivity contribution in [1.29, 1.82) is 0 Å². The number of hydrogen-bond acceptors (Lipinski definition) is 5. The van der Waals surface area contributed by atoms with Gasteiger partial charge in [-0.3, -0.25) is 4.79 Å². The molecule has 0 aliphatic rings. The Morgan fingerprint density at radius 2 is 2.00 bits per heavy atom. The maximum atomic E-state index is 13.6. The van der Waals surface area contributed by atoms with Crippen LogP contribution in [0.15, 0.2) is 54.6 Å². The quantitative estimate of drug-likeness (QED) is 0.563. The van der Waals surface area contributed by atoms with Crippen molar-refractivity contribution in [2.24, 2.45) is 0 Å². The molecule has 0 aliphatic heterocycles. The molecule has 8 heteroatoms. The van der Waals surface area contributed by atoms with E-state index in [1.165, 1.54) is 16.8 Å². The highest BCUT2D eigenvalue weighted by Crippen LogP contribution is 2.16. The van der Waals surface area contributed by atoms with Crippen molar-refractivity contribution in [3.63, 3.8) is 0 Å². The summed E-state index contributed by atoms with van der Waals surface area (Å²) in [4.78, 5) is 15.0. The monoisotopic (exact) mass is 396 g/mol. The number of benzene rings is 2. The number of amides is 1. The molecule has 0 saturated heterocycles. The van der Waals surface area contributed by atoms with E-state index in [9.17, 15) is 9.18 Å². The zero-order valence-corrected chi connectivity index (χ0v) is 16.6. The minimum atomic E-state index is -0.640. The first kappa shape index (κ1) is 20.4. The van der Waals surface area contributed by atoms with E-state index in [1.807, 2.05) is 37.4 Å². The lowest BCUT2D eigenvalue weighted by Gasteiger charge is -2.20. The van der Waals surface area contributed by atoms with Crippen LogP contribution in [0.4, 0.5) is 10.1 Å². The average Bonchev–Trinajstić information content (AvgIpc) is 3.15. The Morgan fingerprint density at radius 1 is 1.21 bits per heavy atom. The van der Waals surface area contributed by atoms with Gasteiger partial charge in [-0.2, -0.15) is 0 Å². The first-order valence-corrected chi connectivity index (χ1v) is 9.57. The van der Waals surface area contributed by atoms with Crippen molar-refractivity contribution >= 4 is 11.6 Å². The Kier molecular flexibility index (Phi) is 6.89. The van der Waals surface area contributed by atoms with Gasteiger partial charge in [0.05, 0.1) is 0 Å². The van der Waals surface area contributed by atoms with E-state index in [-0.39, 0.29) is 11.7 Å². The van der Waals surface area contributed by atoms with Gasteiger partial charge in [0.25, 0.3) is 0 Å². The predicted octanol–water partition coefficient (Wildman–Crippen LogP) is 2.55. The fraction of sp³-hybridized carbons (Fsp3) is 0.333. The van der Waals surface area contributed by atoms with Gasteiger partial charge >= 0.3 is 0 Å². The molecule has 152 valence electrons. The van der Waals surface area contributed by atoms with Gasteiger partial charge in [0.15, 0.2) is 0 Å². The molecule has 1 amide bonds. The van der Waals surface area contributed by atoms with Crippen LogP contribution in [0, 0.1) is 12.7 Å². The summed E-state index contributed by atoms with van der Waals surface area (Å²) in [5.41, 5.74) is 1.84. The lowest BCUT2D eigenvalue weighted by Crippen LogP contribution is -2.36. The second kappa shape index (κ2) is 9.77. The summed E-state index contributed by atoms with van der Waals surface area (Å²) in [6.45, 7) is 3.07. The topological polar surface area (TPSA) is 75.9 Å². The fourth-order valence-electron chi connectivity index (χ4n) is 3.16. The van der Waals surface area contributed by atoms with E-state index in [2.05, 4.69) is 25.7 Å². The summed E-state index contributed by atoms with van der Waals surface area (Å²) in [6, 6.07) is 15.7. The number of anilines is 1. The van der Waals surface area contributed by atoms with Gasteiger partial charge in [0.2, 0.25) is 5.91 Å². The number of nitrogens with zero attached hydrogens (tertiary/aromatic N) is 5. The molecule has 0 saturated carbocycles. The first-order chi connectivity index (χ1) is 14.0. The summed E-state index contributed by atoms with van der Waals surface area (Å²) < 4.78 is 15.0. The van der Waals surface area contributed by atoms with Crippen LogP contribution < -0.4 is 10.2 Å². The number of tetrazole rings is 1. The van der Waals surface area contributed by atoms with Crippen LogP contribution in [-0.2, 0) is 11.2 Å². The van der Waals surface area contributed by atoms with Crippen molar-refractivity contribution in [1.82, 2.24) is 25.5 Å². The van der Waals surface area contributed by atoms with Crippen LogP contribution in [0.1, 0.15) is 23.9 Å². The third-order valence-corrected chi connectivity index (χ3v) is 4.74. The maximum Gasteiger partial charge on any atom is 0.245 e. The van der Waals surface area contributed by atoms with Gasteiger partial charge < -0.3 is 10.2 Å². The molecule has 0 spiro atoms. The van der Waals surface area contributed by atoms with E-state index >= 15 is 0 Å². The molecule has 0 bridgehead atoms. The predicted molar refractivity (Wildman–Crippen MR) is 109 cm³/mol. The maximum absolute atomic E-state index is 13.6. The summed E-state index contributed by atoms with van der Waals surface area (Å²) in [5, 5.41) is 14.4. The zero-order valence-electron chi connectivity index (χ0n) is 16.6. The number of nitrogens with one attached hydrogen (secondary N) is 1. The highest BCUT2D eigenvalue weighted by atomic mass is 19.1. The molecule has 1 N–H and O–H groups in total. The Labute approximate surface area is 169 Å². The number of carbonyl (C=O) groups is 1. The van der Waals surface area contributed by atoms with E-state index in [0.29, 0.717) is 24.4 Å². The minimum Gasteiger partial charge on any atom is -0.375 e. The highest BCUT2D eigenvalue weighted by molar-refractivity contribution is 5.80. The van der Waals surface area contributed by atoms with Crippen molar-refractivity contribution in [2.45, 2.75) is 25.8 Å². The SMILES string of the molecule is Cc1nnnn1[C@H](Cc1cccc(F)c1)C(=O)NCCCN(C)c1ccccc1. The van der Waals surface area contributed by atoms with E-state index in [0.717, 1.165) is 18.7 Å². The van der Waals surface area contributed by atoms with Crippen molar-refractivity contribution in [3.8, 4) is 0 Å². The zero-order chi connectivity index (χ0) is 20.6. The van der Waals surface area contributed by atoms with Gasteiger partial charge in [-0.15, -0.1) is 5.10 Å². The summed E-state index contributed by atoms with van der Waals surface area (Å²) in [5.74, 6) is 0.0106. The summed E-state index contributed by atoms with van der Waals surface area (Å²) >= 11 is 0. The van der Waals surface area contributed by atoms with Crippen LogP contribution in [-0.4, -0.2) is 46.3 Å². The Bertz CT molecular complexity index is 930. The number of hydrogen-bond donors (Lipinski definition) is 1. The number of aryl methyl sites for hydroxylation is 1. The van der Waals surface area contributed by atoms with Gasteiger partial charge in [-0.25, -0.2) is 9.07 Å². The largest absolute Gasteiger partial charge is 0.375 e. The number of carbonyl (C=O) groups excluding carboxylic acids is 1. The Morgan fingerprint density at radius 3 is 2.69 bits per heavy atom. The van der Waals surface area contributed by atoms with E-state index in [4.69, 9.17) is 0 Å². The van der Waals surface area contributed by atoms with Crippen molar-refractivity contribution in [2.75, 3.05) is 25.0 Å². The smallest absolute Gasteiger partial charge is 0.245 e. The van der Waals surface area contributed by atoms with Crippen LogP contribution in [0.3, 0.4) is 0 Å². The molecule has 29 heavy (non-hydrogen) atoms. The number of aromatic nitrogens is 4. The number of halogens is 1. The van der Waals surface area contributed by atoms with Gasteiger partial charge in [-0.05, 0) is 53.6 Å². The molecular formula is C21H25FN6O. The highest BCUT2D eigenvalue weighted by Gasteiger charge is 2.24. The van der Waals surface area contributed by atoms with Crippen molar-refractivity contribution in [3.05, 3.63) is 71.8 Å². The minimum absolute atomic E-state index is 0.188. The standard InChI is InChI=1S/C21H25FN6O/c1-16-24-25-26-28(16)20(15-17-8-6-9-18(22)14-17)21(29)23-12-7-13-27(2)19-10-4-3-5-11-19/h3-6,8-11,14,20H,7,12-13,15H2,1-2H3,(H,23,29)/t20-/m1/s1. The third kappa shape index (κ3) is 5.60. The molecule has 2 aromatic carbocycles. The number of para-hydroxylation sites is 1. The van der Waals surface area contributed by atoms with Crippen molar-refractivity contribution < 1.29 is 9.18 Å². The molecule has 3 aromatic rings. The van der Waals surface area contributed by atoms with Gasteiger partial charge in [0.1, 0.15) is 17.7 Å². The van der Waals surface area contributed by atoms with Crippen LogP contribution in [0.5, 0.6) is 0 Å². The molecule has 0 aliphatic carbocycles. The second-order valence-electron chi connectivity index (χ2n) is 6.92. The van der Waals surface area contributed by atoms with E-state index < -0.39 is 6.04 Å². The van der Waals surface area contributed by atoms with Crippen LogP contribution in [0.25, 0.3) is 0 Å². The van der Waals surface area contributed by atoms with Gasteiger partial charge in [0, 0.05) is 32.2 Å². The van der Waals surface area contributed by atoms with Crippen LogP contribution in [0.2, 0.25) is 0 Å². The second-order valence-corrected chi connectivity index (χ2v) is 6.92. The molecule has 7 nitrogen and oxygen atoms in total. The lowest BCUT2D eigenvalue weighted by atomic mass is 10.0. The van der Waals surface area contributed by atoms with E-state index in [1.54, 1.807) is 19.1 Å². The van der Waals surface area contributed by atoms with Crippen LogP contribution >= 0.6 is 0 Å². The molecule has 1 atom stereocenters. The summed E-state index contributed by atoms with van der Waals surface area (Å²) in [7, 11) is 2.02. The third-order valence-electron chi connectivity index (χ3n) is 4.74. The normalized spacial score (nSPS) is 11.8. The Hall–Kier alpha value is -3.29. The summed E-state index contributed by atoms with van der Waals surface area (Å²) in [6.07, 6.45) is 1.10. The van der Waals surface area contributed by atoms with Gasteiger partial charge in [-0.1, -0.05) is 30.3 Å². The first-order valence-electron chi connectivity index (χ1n) is 9.57. The molecule has 0 unspecified atom stereocenters. The molecule has 0 fully saturated rings. The average molecular weight is 396 g/mol. The molecule has 3 rings (SSSR count). The molecular weight excluding hydrogens is 371 g/mol. The fourth-order valence-corrected chi connectivity index (χ4v) is 3.16. The molecule has 1 aromatic heterocycles. The number of rotatable bonds is 9.